The zero-order valence-electron chi connectivity index (χ0n) is 15.9. The van der Waals surface area contributed by atoms with Gasteiger partial charge in [-0.3, -0.25) is 4.79 Å². The molecule has 0 atom stereocenters. The smallest absolute Gasteiger partial charge is 0.248 e. The number of halogens is 1. The van der Waals surface area contributed by atoms with E-state index < -0.39 is 0 Å². The number of rotatable bonds is 6. The van der Waals surface area contributed by atoms with Crippen molar-refractivity contribution in [1.82, 2.24) is 0 Å². The molecule has 1 amide bonds. The summed E-state index contributed by atoms with van der Waals surface area (Å²) in [5.41, 5.74) is 2.49. The molecule has 2 aromatic rings. The van der Waals surface area contributed by atoms with Gasteiger partial charge in [-0.1, -0.05) is 11.6 Å². The minimum absolute atomic E-state index is 0.236. The summed E-state index contributed by atoms with van der Waals surface area (Å²) in [6.07, 6.45) is 3.18. The lowest BCUT2D eigenvalue weighted by Crippen LogP contribution is -2.32. The van der Waals surface area contributed by atoms with Crippen LogP contribution in [0.15, 0.2) is 42.5 Å². The molecule has 0 bridgehead atoms. The van der Waals surface area contributed by atoms with Gasteiger partial charge >= 0.3 is 0 Å². The van der Waals surface area contributed by atoms with E-state index in [2.05, 4.69) is 10.2 Å². The highest BCUT2D eigenvalue weighted by molar-refractivity contribution is 7.99. The number of amides is 1. The quantitative estimate of drug-likeness (QED) is 0.697. The maximum atomic E-state index is 12.3. The van der Waals surface area contributed by atoms with Crippen LogP contribution in [0.5, 0.6) is 11.5 Å². The maximum Gasteiger partial charge on any atom is 0.248 e. The van der Waals surface area contributed by atoms with E-state index in [0.29, 0.717) is 22.2 Å². The first-order chi connectivity index (χ1) is 13.6. The summed E-state index contributed by atoms with van der Waals surface area (Å²) in [5, 5.41) is 3.49. The molecule has 1 heterocycles. The SMILES string of the molecule is COc1cc(/C=C/C(=O)Nc2ccc(N3CCSCC3)c(Cl)c2)cc(OC)c1. The molecule has 5 nitrogen and oxygen atoms in total. The number of hydrogen-bond acceptors (Lipinski definition) is 5. The summed E-state index contributed by atoms with van der Waals surface area (Å²) in [6.45, 7) is 1.98. The zero-order valence-corrected chi connectivity index (χ0v) is 17.5. The van der Waals surface area contributed by atoms with Crippen LogP contribution in [-0.2, 0) is 4.79 Å². The van der Waals surface area contributed by atoms with Crippen molar-refractivity contribution in [1.29, 1.82) is 0 Å². The molecule has 0 saturated carbocycles. The summed E-state index contributed by atoms with van der Waals surface area (Å²) < 4.78 is 10.5. The zero-order chi connectivity index (χ0) is 19.9. The Labute approximate surface area is 174 Å². The molecule has 0 spiro atoms. The topological polar surface area (TPSA) is 50.8 Å². The van der Waals surface area contributed by atoms with Crippen molar-refractivity contribution >= 4 is 46.7 Å². The van der Waals surface area contributed by atoms with Crippen molar-refractivity contribution in [2.45, 2.75) is 0 Å². The van der Waals surface area contributed by atoms with Crippen LogP contribution in [0.25, 0.3) is 6.08 Å². The Morgan fingerprint density at radius 2 is 1.79 bits per heavy atom. The molecular weight excluding hydrogens is 396 g/mol. The Morgan fingerprint density at radius 1 is 1.11 bits per heavy atom. The van der Waals surface area contributed by atoms with E-state index in [0.717, 1.165) is 35.8 Å². The fourth-order valence-electron chi connectivity index (χ4n) is 2.93. The predicted octanol–water partition coefficient (Wildman–Crippen LogP) is 4.56. The average Bonchev–Trinajstić information content (AvgIpc) is 2.72. The summed E-state index contributed by atoms with van der Waals surface area (Å²) >= 11 is 8.39. The summed E-state index contributed by atoms with van der Waals surface area (Å²) in [4.78, 5) is 14.6. The van der Waals surface area contributed by atoms with Crippen LogP contribution < -0.4 is 19.7 Å². The van der Waals surface area contributed by atoms with Gasteiger partial charge in [0.1, 0.15) is 11.5 Å². The molecule has 1 saturated heterocycles. The van der Waals surface area contributed by atoms with Gasteiger partial charge in [0.05, 0.1) is 24.9 Å². The van der Waals surface area contributed by atoms with Crippen LogP contribution in [0.3, 0.4) is 0 Å². The largest absolute Gasteiger partial charge is 0.497 e. The highest BCUT2D eigenvalue weighted by atomic mass is 35.5. The van der Waals surface area contributed by atoms with E-state index in [4.69, 9.17) is 21.1 Å². The van der Waals surface area contributed by atoms with Crippen molar-refractivity contribution < 1.29 is 14.3 Å². The first kappa shape index (κ1) is 20.4. The van der Waals surface area contributed by atoms with E-state index in [1.165, 1.54) is 6.08 Å². The predicted molar refractivity (Wildman–Crippen MR) is 118 cm³/mol. The molecule has 1 aliphatic heterocycles. The van der Waals surface area contributed by atoms with Crippen LogP contribution in [0, 0.1) is 0 Å². The number of methoxy groups -OCH3 is 2. The Balaban J connectivity index is 1.66. The third-order valence-electron chi connectivity index (χ3n) is 4.37. The van der Waals surface area contributed by atoms with Crippen LogP contribution >= 0.6 is 23.4 Å². The van der Waals surface area contributed by atoms with E-state index in [9.17, 15) is 4.79 Å². The van der Waals surface area contributed by atoms with Crippen molar-refractivity contribution in [3.63, 3.8) is 0 Å². The molecule has 0 radical (unpaired) electrons. The van der Waals surface area contributed by atoms with Crippen LogP contribution in [0.4, 0.5) is 11.4 Å². The van der Waals surface area contributed by atoms with Crippen LogP contribution in [-0.4, -0.2) is 44.7 Å². The number of carbonyl (C=O) groups excluding carboxylic acids is 1. The van der Waals surface area contributed by atoms with Crippen LogP contribution in [0.1, 0.15) is 5.56 Å². The third-order valence-corrected chi connectivity index (χ3v) is 5.61. The fourth-order valence-corrected chi connectivity index (χ4v) is 4.13. The molecule has 148 valence electrons. The van der Waals surface area contributed by atoms with Crippen molar-refractivity contribution in [3.8, 4) is 11.5 Å². The van der Waals surface area contributed by atoms with Gasteiger partial charge < -0.3 is 19.7 Å². The molecular formula is C21H23ClN2O3S. The lowest BCUT2D eigenvalue weighted by atomic mass is 10.2. The number of nitrogens with zero attached hydrogens (tertiary/aromatic N) is 1. The van der Waals surface area contributed by atoms with E-state index >= 15 is 0 Å². The molecule has 0 aromatic heterocycles. The molecule has 2 aromatic carbocycles. The number of benzene rings is 2. The minimum atomic E-state index is -0.236. The normalized spacial score (nSPS) is 14.2. The molecule has 7 heteroatoms. The number of anilines is 2. The molecule has 0 unspecified atom stereocenters. The number of ether oxygens (including phenoxy) is 2. The Hall–Kier alpha value is -2.31. The molecule has 1 N–H and O–H groups in total. The molecule has 1 aliphatic rings. The van der Waals surface area contributed by atoms with Gasteiger partial charge in [-0.05, 0) is 42.0 Å². The fraction of sp³-hybridized carbons (Fsp3) is 0.286. The highest BCUT2D eigenvalue weighted by Gasteiger charge is 2.14. The third kappa shape index (κ3) is 5.36. The molecule has 3 rings (SSSR count). The standard InChI is InChI=1S/C21H23ClN2O3S/c1-26-17-11-15(12-18(14-17)27-2)3-6-21(25)23-16-4-5-20(19(22)13-16)24-7-9-28-10-8-24/h3-6,11-14H,7-10H2,1-2H3,(H,23,25)/b6-3+. The molecule has 1 fully saturated rings. The Bertz CT molecular complexity index is 844. The van der Waals surface area contributed by atoms with Gasteiger partial charge in [0.2, 0.25) is 5.91 Å². The highest BCUT2D eigenvalue weighted by Crippen LogP contribution is 2.30. The van der Waals surface area contributed by atoms with Gasteiger partial charge in [0.15, 0.2) is 0 Å². The van der Waals surface area contributed by atoms with E-state index in [1.807, 2.05) is 36.0 Å². The molecule has 0 aliphatic carbocycles. The van der Waals surface area contributed by atoms with Gasteiger partial charge in [-0.15, -0.1) is 0 Å². The minimum Gasteiger partial charge on any atom is -0.497 e. The lowest BCUT2D eigenvalue weighted by molar-refractivity contribution is -0.111. The van der Waals surface area contributed by atoms with Crippen molar-refractivity contribution in [2.24, 2.45) is 0 Å². The van der Waals surface area contributed by atoms with Gasteiger partial charge in [-0.2, -0.15) is 11.8 Å². The number of nitrogens with one attached hydrogen (secondary N) is 1. The van der Waals surface area contributed by atoms with E-state index in [1.54, 1.807) is 32.4 Å². The Kier molecular flexibility index (Phi) is 7.12. The molecule has 28 heavy (non-hydrogen) atoms. The second-order valence-electron chi connectivity index (χ2n) is 6.23. The summed E-state index contributed by atoms with van der Waals surface area (Å²) in [6, 6.07) is 11.1. The monoisotopic (exact) mass is 418 g/mol. The first-order valence-electron chi connectivity index (χ1n) is 8.93. The summed E-state index contributed by atoms with van der Waals surface area (Å²) in [7, 11) is 3.18. The number of carbonyl (C=O) groups is 1. The first-order valence-corrected chi connectivity index (χ1v) is 10.5. The van der Waals surface area contributed by atoms with Gasteiger partial charge in [-0.25, -0.2) is 0 Å². The maximum absolute atomic E-state index is 12.3. The number of thioether (sulfide) groups is 1. The van der Waals surface area contributed by atoms with Gasteiger partial charge in [0, 0.05) is 42.4 Å². The van der Waals surface area contributed by atoms with Crippen molar-refractivity contribution in [2.75, 3.05) is 49.0 Å². The average molecular weight is 419 g/mol. The number of hydrogen-bond donors (Lipinski definition) is 1. The van der Waals surface area contributed by atoms with Gasteiger partial charge in [0.25, 0.3) is 0 Å². The van der Waals surface area contributed by atoms with Crippen molar-refractivity contribution in [3.05, 3.63) is 53.1 Å². The second kappa shape index (κ2) is 9.75. The van der Waals surface area contributed by atoms with E-state index in [-0.39, 0.29) is 5.91 Å². The summed E-state index contributed by atoms with van der Waals surface area (Å²) in [5.74, 6) is 3.30. The lowest BCUT2D eigenvalue weighted by Gasteiger charge is -2.29. The Morgan fingerprint density at radius 3 is 2.39 bits per heavy atom. The second-order valence-corrected chi connectivity index (χ2v) is 7.87. The van der Waals surface area contributed by atoms with Crippen LogP contribution in [0.2, 0.25) is 5.02 Å².